The largest absolute Gasteiger partial charge is 0.395 e. The summed E-state index contributed by atoms with van der Waals surface area (Å²) in [6, 6.07) is 4.17. The summed E-state index contributed by atoms with van der Waals surface area (Å²) in [4.78, 5) is 4.14. The first-order chi connectivity index (χ1) is 10.9. The van der Waals surface area contributed by atoms with Crippen LogP contribution in [0.25, 0.3) is 0 Å². The molecule has 2 heterocycles. The highest BCUT2D eigenvalue weighted by Gasteiger charge is 2.46. The Morgan fingerprint density at radius 2 is 1.83 bits per heavy atom. The van der Waals surface area contributed by atoms with E-state index in [-0.39, 0.29) is 36.0 Å². The minimum absolute atomic E-state index is 0.0166. The van der Waals surface area contributed by atoms with Crippen molar-refractivity contribution in [2.45, 2.75) is 18.6 Å². The fourth-order valence-corrected chi connectivity index (χ4v) is 5.92. The van der Waals surface area contributed by atoms with E-state index in [9.17, 15) is 12.8 Å². The van der Waals surface area contributed by atoms with Gasteiger partial charge in [0.15, 0.2) is 9.84 Å². The van der Waals surface area contributed by atoms with E-state index in [0.29, 0.717) is 31.2 Å². The van der Waals surface area contributed by atoms with Crippen LogP contribution < -0.4 is 0 Å². The Kier molecular flexibility index (Phi) is 4.94. The SMILES string of the molecule is O=S1(=O)C[C@@H]2[C@H](C1)N(Cc1cc(F)cc(Cl)c1)CCN2CCO. The van der Waals surface area contributed by atoms with Crippen LogP contribution in [0.15, 0.2) is 18.2 Å². The zero-order valence-corrected chi connectivity index (χ0v) is 14.2. The highest BCUT2D eigenvalue weighted by molar-refractivity contribution is 7.91. The summed E-state index contributed by atoms with van der Waals surface area (Å²) in [7, 11) is -3.09. The molecular weight excluding hydrogens is 343 g/mol. The van der Waals surface area contributed by atoms with Crippen molar-refractivity contribution >= 4 is 21.4 Å². The molecule has 2 fully saturated rings. The van der Waals surface area contributed by atoms with E-state index in [1.807, 2.05) is 4.90 Å². The minimum Gasteiger partial charge on any atom is -0.395 e. The first-order valence-corrected chi connectivity index (χ1v) is 9.82. The van der Waals surface area contributed by atoms with Crippen LogP contribution in [0.3, 0.4) is 0 Å². The minimum atomic E-state index is -3.09. The van der Waals surface area contributed by atoms with Crippen LogP contribution in [-0.2, 0) is 16.4 Å². The topological polar surface area (TPSA) is 60.9 Å². The molecule has 2 saturated heterocycles. The van der Waals surface area contributed by atoms with Gasteiger partial charge in [-0.3, -0.25) is 9.80 Å². The number of benzene rings is 1. The van der Waals surface area contributed by atoms with Gasteiger partial charge < -0.3 is 5.11 Å². The van der Waals surface area contributed by atoms with E-state index in [4.69, 9.17) is 16.7 Å². The summed E-state index contributed by atoms with van der Waals surface area (Å²) < 4.78 is 37.6. The normalized spacial score (nSPS) is 28.0. The number of β-amino-alcohol motifs (C(OH)–C–C–N with tert-alkyl or cyclic N) is 1. The lowest BCUT2D eigenvalue weighted by molar-refractivity contribution is 0.0307. The molecule has 0 aromatic heterocycles. The molecule has 1 aromatic carbocycles. The third kappa shape index (κ3) is 3.85. The lowest BCUT2D eigenvalue weighted by Crippen LogP contribution is -2.59. The molecule has 2 atom stereocenters. The van der Waals surface area contributed by atoms with Crippen molar-refractivity contribution in [3.05, 3.63) is 34.6 Å². The summed E-state index contributed by atoms with van der Waals surface area (Å²) in [5.41, 5.74) is 0.744. The van der Waals surface area contributed by atoms with E-state index >= 15 is 0 Å². The Balaban J connectivity index is 1.80. The second kappa shape index (κ2) is 6.64. The molecular formula is C15H20ClFN2O3S. The number of hydrogen-bond donors (Lipinski definition) is 1. The smallest absolute Gasteiger partial charge is 0.153 e. The maximum Gasteiger partial charge on any atom is 0.153 e. The Bertz CT molecular complexity index is 665. The predicted octanol–water partition coefficient (Wildman–Crippen LogP) is 0.755. The molecule has 2 aliphatic rings. The van der Waals surface area contributed by atoms with Gasteiger partial charge >= 0.3 is 0 Å². The molecule has 0 aliphatic carbocycles. The van der Waals surface area contributed by atoms with Crippen LogP contribution >= 0.6 is 11.6 Å². The second-order valence-corrected chi connectivity index (χ2v) is 8.81. The summed E-state index contributed by atoms with van der Waals surface area (Å²) in [6.45, 7) is 2.35. The monoisotopic (exact) mass is 362 g/mol. The van der Waals surface area contributed by atoms with Crippen molar-refractivity contribution in [2.24, 2.45) is 0 Å². The molecule has 0 spiro atoms. The second-order valence-electron chi connectivity index (χ2n) is 6.22. The standard InChI is InChI=1S/C15H20ClFN2O3S/c16-12-5-11(6-13(17)7-12)8-19-2-1-18(3-4-20)14-9-23(21,22)10-15(14)19/h5-7,14-15,20H,1-4,8-10H2/t14-,15+/m1/s1. The summed E-state index contributed by atoms with van der Waals surface area (Å²) in [6.07, 6.45) is 0. The Morgan fingerprint density at radius 3 is 2.48 bits per heavy atom. The molecule has 1 N–H and O–H groups in total. The number of aliphatic hydroxyl groups is 1. The first-order valence-electron chi connectivity index (χ1n) is 7.62. The quantitative estimate of drug-likeness (QED) is 0.856. The molecule has 8 heteroatoms. The van der Waals surface area contributed by atoms with E-state index in [2.05, 4.69) is 4.90 Å². The van der Waals surface area contributed by atoms with Gasteiger partial charge in [0, 0.05) is 43.3 Å². The lowest BCUT2D eigenvalue weighted by Gasteiger charge is -2.43. The molecule has 3 rings (SSSR count). The summed E-state index contributed by atoms with van der Waals surface area (Å²) >= 11 is 5.90. The van der Waals surface area contributed by atoms with Crippen LogP contribution in [0.4, 0.5) is 4.39 Å². The number of sulfone groups is 1. The maximum atomic E-state index is 13.5. The van der Waals surface area contributed by atoms with E-state index in [1.165, 1.54) is 12.1 Å². The van der Waals surface area contributed by atoms with Gasteiger partial charge in [-0.25, -0.2) is 12.8 Å². The van der Waals surface area contributed by atoms with Gasteiger partial charge in [0.1, 0.15) is 5.82 Å². The summed E-state index contributed by atoms with van der Waals surface area (Å²) in [5, 5.41) is 9.51. The Hall–Kier alpha value is -0.730. The van der Waals surface area contributed by atoms with Crippen LogP contribution in [0.1, 0.15) is 5.56 Å². The van der Waals surface area contributed by atoms with Gasteiger partial charge in [-0.05, 0) is 23.8 Å². The van der Waals surface area contributed by atoms with Gasteiger partial charge in [0.25, 0.3) is 0 Å². The molecule has 1 aromatic rings. The molecule has 2 aliphatic heterocycles. The van der Waals surface area contributed by atoms with Crippen molar-refractivity contribution < 1.29 is 17.9 Å². The predicted molar refractivity (Wildman–Crippen MR) is 86.7 cm³/mol. The van der Waals surface area contributed by atoms with Crippen molar-refractivity contribution in [3.63, 3.8) is 0 Å². The molecule has 0 radical (unpaired) electrons. The molecule has 23 heavy (non-hydrogen) atoms. The third-order valence-electron chi connectivity index (χ3n) is 4.60. The van der Waals surface area contributed by atoms with Crippen molar-refractivity contribution in [1.82, 2.24) is 9.80 Å². The number of aliphatic hydroxyl groups excluding tert-OH is 1. The van der Waals surface area contributed by atoms with Gasteiger partial charge in [-0.2, -0.15) is 0 Å². The van der Waals surface area contributed by atoms with E-state index in [1.54, 1.807) is 6.07 Å². The van der Waals surface area contributed by atoms with Gasteiger partial charge in [-0.1, -0.05) is 11.6 Å². The van der Waals surface area contributed by atoms with Crippen molar-refractivity contribution in [2.75, 3.05) is 37.7 Å². The average molecular weight is 363 g/mol. The third-order valence-corrected chi connectivity index (χ3v) is 6.52. The number of halogens is 2. The van der Waals surface area contributed by atoms with E-state index in [0.717, 1.165) is 5.56 Å². The van der Waals surface area contributed by atoms with Crippen LogP contribution in [0.5, 0.6) is 0 Å². The van der Waals surface area contributed by atoms with Gasteiger partial charge in [0.05, 0.1) is 18.1 Å². The van der Waals surface area contributed by atoms with Gasteiger partial charge in [0.2, 0.25) is 0 Å². The molecule has 0 unspecified atom stereocenters. The average Bonchev–Trinajstić information content (AvgIpc) is 2.76. The zero-order valence-electron chi connectivity index (χ0n) is 12.7. The fourth-order valence-electron chi connectivity index (χ4n) is 3.64. The van der Waals surface area contributed by atoms with Crippen molar-refractivity contribution in [1.29, 1.82) is 0 Å². The molecule has 5 nitrogen and oxygen atoms in total. The number of fused-ring (bicyclic) bond motifs is 1. The molecule has 0 amide bonds. The molecule has 128 valence electrons. The Morgan fingerprint density at radius 1 is 1.17 bits per heavy atom. The van der Waals surface area contributed by atoms with Crippen LogP contribution in [-0.4, -0.2) is 73.2 Å². The fraction of sp³-hybridized carbons (Fsp3) is 0.600. The van der Waals surface area contributed by atoms with Crippen LogP contribution in [0.2, 0.25) is 5.02 Å². The Labute approximate surface area is 140 Å². The van der Waals surface area contributed by atoms with E-state index < -0.39 is 9.84 Å². The maximum absolute atomic E-state index is 13.5. The number of nitrogens with zero attached hydrogens (tertiary/aromatic N) is 2. The van der Waals surface area contributed by atoms with Crippen molar-refractivity contribution in [3.8, 4) is 0 Å². The number of hydrogen-bond acceptors (Lipinski definition) is 5. The number of piperazine rings is 1. The summed E-state index contributed by atoms with van der Waals surface area (Å²) in [5.74, 6) is -0.150. The van der Waals surface area contributed by atoms with Crippen LogP contribution in [0, 0.1) is 5.82 Å². The molecule has 0 saturated carbocycles. The highest BCUT2D eigenvalue weighted by Crippen LogP contribution is 2.28. The lowest BCUT2D eigenvalue weighted by atomic mass is 10.0. The van der Waals surface area contributed by atoms with Gasteiger partial charge in [-0.15, -0.1) is 0 Å². The molecule has 0 bridgehead atoms. The first kappa shape index (κ1) is 17.1. The zero-order chi connectivity index (χ0) is 16.6. The number of rotatable bonds is 4. The highest BCUT2D eigenvalue weighted by atomic mass is 35.5.